The summed E-state index contributed by atoms with van der Waals surface area (Å²) in [7, 11) is 0. The molecule has 0 aliphatic heterocycles. The second-order valence-corrected chi connectivity index (χ2v) is 5.79. The van der Waals surface area contributed by atoms with Gasteiger partial charge in [0.15, 0.2) is 0 Å². The zero-order chi connectivity index (χ0) is 10.8. The Bertz CT molecular complexity index is 279. The molecule has 1 heteroatoms. The highest BCUT2D eigenvalue weighted by atomic mass is 79.9. The zero-order valence-electron chi connectivity index (χ0n) is 9.47. The summed E-state index contributed by atoms with van der Waals surface area (Å²) in [6.07, 6.45) is 1.20. The normalized spacial score (nSPS) is 14.1. The fourth-order valence-electron chi connectivity index (χ4n) is 2.04. The highest BCUT2D eigenvalue weighted by Gasteiger charge is 2.24. The number of halogens is 1. The minimum absolute atomic E-state index is 0.350. The molecule has 1 aromatic carbocycles. The molecule has 0 saturated heterocycles. The summed E-state index contributed by atoms with van der Waals surface area (Å²) in [5.74, 6) is 0.649. The van der Waals surface area contributed by atoms with Crippen LogP contribution in [0.3, 0.4) is 0 Å². The van der Waals surface area contributed by atoms with Crippen molar-refractivity contribution in [3.05, 3.63) is 34.3 Å². The van der Waals surface area contributed by atoms with E-state index in [2.05, 4.69) is 67.9 Å². The molecule has 1 unspecified atom stereocenters. The molecule has 0 N–H and O–H groups in total. The molecule has 1 rings (SSSR count). The van der Waals surface area contributed by atoms with E-state index in [1.165, 1.54) is 12.0 Å². The van der Waals surface area contributed by atoms with Crippen LogP contribution in [0, 0.1) is 5.41 Å². The lowest BCUT2D eigenvalue weighted by Gasteiger charge is -2.30. The van der Waals surface area contributed by atoms with Crippen molar-refractivity contribution >= 4 is 15.9 Å². The molecule has 0 aliphatic rings. The maximum Gasteiger partial charge on any atom is 0.0175 e. The summed E-state index contributed by atoms with van der Waals surface area (Å²) in [5, 5.41) is 0. The Kier molecular flexibility index (Phi) is 3.77. The van der Waals surface area contributed by atoms with Crippen LogP contribution in [0.1, 0.15) is 45.6 Å². The molecular formula is C13H19Br. The Morgan fingerprint density at radius 3 is 2.00 bits per heavy atom. The van der Waals surface area contributed by atoms with Crippen LogP contribution >= 0.6 is 15.9 Å². The predicted octanol–water partition coefficient (Wildman–Crippen LogP) is 4.99. The summed E-state index contributed by atoms with van der Waals surface area (Å²) >= 11 is 3.47. The molecule has 0 amide bonds. The second kappa shape index (κ2) is 4.48. The Morgan fingerprint density at radius 2 is 1.64 bits per heavy atom. The van der Waals surface area contributed by atoms with Gasteiger partial charge in [0.2, 0.25) is 0 Å². The fraction of sp³-hybridized carbons (Fsp3) is 0.538. The molecule has 0 nitrogen and oxygen atoms in total. The smallest absolute Gasteiger partial charge is 0.0175 e. The van der Waals surface area contributed by atoms with Crippen molar-refractivity contribution in [2.75, 3.05) is 0 Å². The third kappa shape index (κ3) is 2.84. The first-order valence-corrected chi connectivity index (χ1v) is 6.00. The number of hydrogen-bond acceptors (Lipinski definition) is 0. The first-order chi connectivity index (χ1) is 6.45. The number of rotatable bonds is 2. The van der Waals surface area contributed by atoms with Crippen molar-refractivity contribution in [2.45, 2.75) is 40.0 Å². The summed E-state index contributed by atoms with van der Waals surface area (Å²) in [5.41, 5.74) is 1.80. The van der Waals surface area contributed by atoms with Crippen LogP contribution in [0.4, 0.5) is 0 Å². The third-order valence-corrected chi connectivity index (χ3v) is 3.25. The minimum Gasteiger partial charge on any atom is -0.0648 e. The zero-order valence-corrected chi connectivity index (χ0v) is 11.1. The van der Waals surface area contributed by atoms with Crippen LogP contribution < -0.4 is 0 Å². The van der Waals surface area contributed by atoms with Gasteiger partial charge in [-0.1, -0.05) is 55.8 Å². The van der Waals surface area contributed by atoms with Gasteiger partial charge in [-0.2, -0.15) is 0 Å². The molecule has 1 atom stereocenters. The van der Waals surface area contributed by atoms with Crippen LogP contribution in [-0.4, -0.2) is 0 Å². The van der Waals surface area contributed by atoms with Gasteiger partial charge in [0.25, 0.3) is 0 Å². The molecule has 0 aromatic heterocycles. The lowest BCUT2D eigenvalue weighted by atomic mass is 9.75. The molecule has 0 spiro atoms. The van der Waals surface area contributed by atoms with Crippen LogP contribution in [-0.2, 0) is 0 Å². The molecule has 0 bridgehead atoms. The number of hydrogen-bond donors (Lipinski definition) is 0. The summed E-state index contributed by atoms with van der Waals surface area (Å²) in [6, 6.07) is 8.71. The Hall–Kier alpha value is -0.300. The van der Waals surface area contributed by atoms with Gasteiger partial charge in [0.1, 0.15) is 0 Å². The molecule has 14 heavy (non-hydrogen) atoms. The summed E-state index contributed by atoms with van der Waals surface area (Å²) < 4.78 is 1.16. The monoisotopic (exact) mass is 254 g/mol. The van der Waals surface area contributed by atoms with Gasteiger partial charge < -0.3 is 0 Å². The van der Waals surface area contributed by atoms with Crippen LogP contribution in [0.5, 0.6) is 0 Å². The summed E-state index contributed by atoms with van der Waals surface area (Å²) in [4.78, 5) is 0. The maximum atomic E-state index is 3.47. The molecule has 0 heterocycles. The number of benzene rings is 1. The topological polar surface area (TPSA) is 0 Å². The minimum atomic E-state index is 0.350. The van der Waals surface area contributed by atoms with E-state index in [4.69, 9.17) is 0 Å². The van der Waals surface area contributed by atoms with Gasteiger partial charge in [-0.15, -0.1) is 0 Å². The van der Waals surface area contributed by atoms with E-state index >= 15 is 0 Å². The summed E-state index contributed by atoms with van der Waals surface area (Å²) in [6.45, 7) is 9.19. The molecular weight excluding hydrogens is 236 g/mol. The first kappa shape index (κ1) is 11.8. The SMILES string of the molecule is CCC(c1ccc(Br)cc1)C(C)(C)C. The van der Waals surface area contributed by atoms with Gasteiger partial charge >= 0.3 is 0 Å². The van der Waals surface area contributed by atoms with E-state index in [9.17, 15) is 0 Å². The van der Waals surface area contributed by atoms with Crippen molar-refractivity contribution in [1.29, 1.82) is 0 Å². The Morgan fingerprint density at radius 1 is 1.14 bits per heavy atom. The van der Waals surface area contributed by atoms with Gasteiger partial charge in [-0.25, -0.2) is 0 Å². The first-order valence-electron chi connectivity index (χ1n) is 5.20. The van der Waals surface area contributed by atoms with Crippen molar-refractivity contribution in [2.24, 2.45) is 5.41 Å². The second-order valence-electron chi connectivity index (χ2n) is 4.88. The molecule has 1 aromatic rings. The van der Waals surface area contributed by atoms with E-state index in [-0.39, 0.29) is 0 Å². The van der Waals surface area contributed by atoms with Crippen molar-refractivity contribution < 1.29 is 0 Å². The molecule has 0 saturated carbocycles. The quantitative estimate of drug-likeness (QED) is 0.698. The van der Waals surface area contributed by atoms with Crippen LogP contribution in [0.15, 0.2) is 28.7 Å². The third-order valence-electron chi connectivity index (χ3n) is 2.73. The van der Waals surface area contributed by atoms with Crippen molar-refractivity contribution in [1.82, 2.24) is 0 Å². The van der Waals surface area contributed by atoms with Crippen LogP contribution in [0.2, 0.25) is 0 Å². The highest BCUT2D eigenvalue weighted by Crippen LogP contribution is 2.37. The molecule has 0 radical (unpaired) electrons. The van der Waals surface area contributed by atoms with Crippen molar-refractivity contribution in [3.8, 4) is 0 Å². The Balaban J connectivity index is 2.96. The Labute approximate surface area is 95.9 Å². The van der Waals surface area contributed by atoms with E-state index in [1.54, 1.807) is 0 Å². The van der Waals surface area contributed by atoms with Gasteiger partial charge in [0.05, 0.1) is 0 Å². The highest BCUT2D eigenvalue weighted by molar-refractivity contribution is 9.10. The molecule has 78 valence electrons. The van der Waals surface area contributed by atoms with Crippen molar-refractivity contribution in [3.63, 3.8) is 0 Å². The molecule has 0 aliphatic carbocycles. The van der Waals surface area contributed by atoms with Gasteiger partial charge in [0, 0.05) is 4.47 Å². The van der Waals surface area contributed by atoms with Gasteiger partial charge in [-0.3, -0.25) is 0 Å². The van der Waals surface area contributed by atoms with E-state index in [0.29, 0.717) is 11.3 Å². The predicted molar refractivity (Wildman–Crippen MR) is 66.6 cm³/mol. The lowest BCUT2D eigenvalue weighted by Crippen LogP contribution is -2.17. The lowest BCUT2D eigenvalue weighted by molar-refractivity contribution is 0.312. The molecule has 0 fully saturated rings. The average molecular weight is 255 g/mol. The largest absolute Gasteiger partial charge is 0.0648 e. The fourth-order valence-corrected chi connectivity index (χ4v) is 2.31. The van der Waals surface area contributed by atoms with E-state index in [1.807, 2.05) is 0 Å². The maximum absolute atomic E-state index is 3.47. The van der Waals surface area contributed by atoms with E-state index in [0.717, 1.165) is 4.47 Å². The standard InChI is InChI=1S/C13H19Br/c1-5-12(13(2,3)4)10-6-8-11(14)9-7-10/h6-9,12H,5H2,1-4H3. The van der Waals surface area contributed by atoms with Gasteiger partial charge in [-0.05, 0) is 35.4 Å². The van der Waals surface area contributed by atoms with Crippen LogP contribution in [0.25, 0.3) is 0 Å². The van der Waals surface area contributed by atoms with E-state index < -0.39 is 0 Å². The average Bonchev–Trinajstić information content (AvgIpc) is 2.07.